The first-order valence-corrected chi connectivity index (χ1v) is 6.86. The lowest BCUT2D eigenvalue weighted by molar-refractivity contribution is 0.274. The number of anilines is 1. The average Bonchev–Trinajstić information content (AvgIpc) is 2.41. The monoisotopic (exact) mass is 343 g/mol. The van der Waals surface area contributed by atoms with Crippen LogP contribution in [-0.2, 0) is 0 Å². The van der Waals surface area contributed by atoms with Gasteiger partial charge in [0.1, 0.15) is 5.82 Å². The highest BCUT2D eigenvalue weighted by molar-refractivity contribution is 9.10. The Morgan fingerprint density at radius 3 is 2.63 bits per heavy atom. The van der Waals surface area contributed by atoms with Gasteiger partial charge in [-0.2, -0.15) is 0 Å². The van der Waals surface area contributed by atoms with Crippen molar-refractivity contribution in [3.8, 4) is 0 Å². The van der Waals surface area contributed by atoms with Crippen molar-refractivity contribution in [1.82, 2.24) is 0 Å². The first-order chi connectivity index (χ1) is 9.13. The molecule has 0 aliphatic rings. The summed E-state index contributed by atoms with van der Waals surface area (Å²) >= 11 is 9.15. The molecule has 0 aliphatic carbocycles. The molecule has 1 atom stereocenters. The van der Waals surface area contributed by atoms with Gasteiger partial charge in [0.2, 0.25) is 0 Å². The molecule has 2 aromatic carbocycles. The van der Waals surface area contributed by atoms with Crippen LogP contribution >= 0.6 is 27.5 Å². The fourth-order valence-corrected chi connectivity index (χ4v) is 2.36. The molecule has 2 rings (SSSR count). The average molecular weight is 345 g/mol. The van der Waals surface area contributed by atoms with Gasteiger partial charge in [-0.3, -0.25) is 0 Å². The van der Waals surface area contributed by atoms with Crippen molar-refractivity contribution >= 4 is 33.2 Å². The molecule has 1 unspecified atom stereocenters. The Balaban J connectivity index is 2.31. The lowest BCUT2D eigenvalue weighted by Gasteiger charge is -2.20. The number of rotatable bonds is 4. The van der Waals surface area contributed by atoms with Crippen LogP contribution < -0.4 is 5.32 Å². The Morgan fingerprint density at radius 1 is 1.21 bits per heavy atom. The minimum Gasteiger partial charge on any atom is -0.394 e. The summed E-state index contributed by atoms with van der Waals surface area (Å²) in [6.07, 6.45) is 0. The van der Waals surface area contributed by atoms with Crippen molar-refractivity contribution in [2.75, 3.05) is 11.9 Å². The molecule has 0 heterocycles. The predicted molar refractivity (Wildman–Crippen MR) is 79.0 cm³/mol. The van der Waals surface area contributed by atoms with E-state index >= 15 is 0 Å². The highest BCUT2D eigenvalue weighted by Gasteiger charge is 2.17. The van der Waals surface area contributed by atoms with Gasteiger partial charge >= 0.3 is 0 Å². The van der Waals surface area contributed by atoms with Crippen LogP contribution in [0, 0.1) is 5.82 Å². The molecule has 2 nitrogen and oxygen atoms in total. The van der Waals surface area contributed by atoms with Crippen LogP contribution in [0.5, 0.6) is 0 Å². The molecule has 19 heavy (non-hydrogen) atoms. The van der Waals surface area contributed by atoms with Crippen molar-refractivity contribution in [2.45, 2.75) is 6.04 Å². The molecule has 5 heteroatoms. The van der Waals surface area contributed by atoms with Crippen molar-refractivity contribution in [3.05, 3.63) is 63.3 Å². The molecule has 0 radical (unpaired) electrons. The van der Waals surface area contributed by atoms with E-state index in [1.807, 2.05) is 24.3 Å². The molecular formula is C14H12BrClFNO. The summed E-state index contributed by atoms with van der Waals surface area (Å²) in [6, 6.07) is 11.6. The third-order valence-electron chi connectivity index (χ3n) is 2.74. The van der Waals surface area contributed by atoms with Crippen LogP contribution in [-0.4, -0.2) is 11.7 Å². The highest BCUT2D eigenvalue weighted by Crippen LogP contribution is 2.29. The number of benzene rings is 2. The smallest absolute Gasteiger partial charge is 0.147 e. The van der Waals surface area contributed by atoms with Crippen molar-refractivity contribution in [3.63, 3.8) is 0 Å². The fraction of sp³-hybridized carbons (Fsp3) is 0.143. The molecule has 2 N–H and O–H groups in total. The standard InChI is InChI=1S/C14H12BrClFNO/c15-10-5-1-2-7-12(10)18-13(8-19)9-4-3-6-11(16)14(9)17/h1-7,13,18-19H,8H2. The minimum atomic E-state index is -0.558. The van der Waals surface area contributed by atoms with Gasteiger partial charge in [-0.25, -0.2) is 4.39 Å². The largest absolute Gasteiger partial charge is 0.394 e. The van der Waals surface area contributed by atoms with Gasteiger partial charge in [-0.15, -0.1) is 0 Å². The lowest BCUT2D eigenvalue weighted by atomic mass is 10.1. The highest BCUT2D eigenvalue weighted by atomic mass is 79.9. The number of nitrogens with one attached hydrogen (secondary N) is 1. The number of para-hydroxylation sites is 1. The Bertz CT molecular complexity index is 579. The second-order valence-electron chi connectivity index (χ2n) is 4.00. The normalized spacial score (nSPS) is 12.2. The quantitative estimate of drug-likeness (QED) is 0.862. The molecule has 0 amide bonds. The third kappa shape index (κ3) is 3.26. The molecule has 0 aromatic heterocycles. The first kappa shape index (κ1) is 14.3. The van der Waals surface area contributed by atoms with Crippen LogP contribution in [0.25, 0.3) is 0 Å². The molecule has 0 aliphatic heterocycles. The second-order valence-corrected chi connectivity index (χ2v) is 5.26. The molecule has 0 spiro atoms. The minimum absolute atomic E-state index is 0.0462. The fourth-order valence-electron chi connectivity index (χ4n) is 1.78. The maximum absolute atomic E-state index is 13.9. The van der Waals surface area contributed by atoms with Crippen LogP contribution in [0.1, 0.15) is 11.6 Å². The zero-order chi connectivity index (χ0) is 13.8. The van der Waals surface area contributed by atoms with Crippen molar-refractivity contribution in [2.24, 2.45) is 0 Å². The van der Waals surface area contributed by atoms with Crippen LogP contribution in [0.15, 0.2) is 46.9 Å². The third-order valence-corrected chi connectivity index (χ3v) is 3.73. The van der Waals surface area contributed by atoms with E-state index in [1.165, 1.54) is 6.07 Å². The summed E-state index contributed by atoms with van der Waals surface area (Å²) in [6.45, 7) is -0.238. The summed E-state index contributed by atoms with van der Waals surface area (Å²) in [5, 5.41) is 12.6. The van der Waals surface area contributed by atoms with E-state index in [0.717, 1.165) is 10.2 Å². The van der Waals surface area contributed by atoms with Gasteiger partial charge in [0.15, 0.2) is 0 Å². The molecular weight excluding hydrogens is 333 g/mol. The number of hydrogen-bond donors (Lipinski definition) is 2. The molecule has 0 bridgehead atoms. The SMILES string of the molecule is OCC(Nc1ccccc1Br)c1cccc(Cl)c1F. The second kappa shape index (κ2) is 6.37. The molecule has 100 valence electrons. The van der Waals surface area contributed by atoms with E-state index < -0.39 is 11.9 Å². The lowest BCUT2D eigenvalue weighted by Crippen LogP contribution is -2.16. The van der Waals surface area contributed by atoms with E-state index in [2.05, 4.69) is 21.2 Å². The molecule has 0 saturated carbocycles. The van der Waals surface area contributed by atoms with Gasteiger partial charge in [0.25, 0.3) is 0 Å². The summed E-state index contributed by atoms with van der Waals surface area (Å²) < 4.78 is 14.8. The summed E-state index contributed by atoms with van der Waals surface area (Å²) in [5.74, 6) is -0.511. The van der Waals surface area contributed by atoms with Gasteiger partial charge in [-0.05, 0) is 34.1 Å². The molecule has 2 aromatic rings. The number of aliphatic hydroxyl groups is 1. The van der Waals surface area contributed by atoms with Crippen molar-refractivity contribution < 1.29 is 9.50 Å². The van der Waals surface area contributed by atoms with Crippen LogP contribution in [0.2, 0.25) is 5.02 Å². The van der Waals surface area contributed by atoms with Crippen molar-refractivity contribution in [1.29, 1.82) is 0 Å². The zero-order valence-electron chi connectivity index (χ0n) is 9.91. The van der Waals surface area contributed by atoms with Gasteiger partial charge in [-0.1, -0.05) is 35.9 Å². The van der Waals surface area contributed by atoms with E-state index in [9.17, 15) is 9.50 Å². The maximum atomic E-state index is 13.9. The predicted octanol–water partition coefficient (Wildman–Crippen LogP) is 4.39. The summed E-state index contributed by atoms with van der Waals surface area (Å²) in [7, 11) is 0. The number of halogens is 3. The number of hydrogen-bond acceptors (Lipinski definition) is 2. The summed E-state index contributed by atoms with van der Waals surface area (Å²) in [5.41, 5.74) is 1.12. The van der Waals surface area contributed by atoms with E-state index in [4.69, 9.17) is 11.6 Å². The Labute approximate surface area is 124 Å². The zero-order valence-corrected chi connectivity index (χ0v) is 12.2. The van der Waals surface area contributed by atoms with E-state index in [-0.39, 0.29) is 11.6 Å². The molecule has 0 saturated heterocycles. The summed E-state index contributed by atoms with van der Waals surface area (Å²) in [4.78, 5) is 0. The van der Waals surface area contributed by atoms with E-state index in [0.29, 0.717) is 5.56 Å². The van der Waals surface area contributed by atoms with Gasteiger partial charge in [0.05, 0.1) is 17.7 Å². The first-order valence-electron chi connectivity index (χ1n) is 5.69. The van der Waals surface area contributed by atoms with E-state index in [1.54, 1.807) is 12.1 Å². The Morgan fingerprint density at radius 2 is 1.95 bits per heavy atom. The topological polar surface area (TPSA) is 32.3 Å². The van der Waals surface area contributed by atoms with Crippen LogP contribution in [0.3, 0.4) is 0 Å². The van der Waals surface area contributed by atoms with Gasteiger partial charge < -0.3 is 10.4 Å². The van der Waals surface area contributed by atoms with Crippen LogP contribution in [0.4, 0.5) is 10.1 Å². The Kier molecular flexibility index (Phi) is 4.80. The van der Waals surface area contributed by atoms with Gasteiger partial charge in [0, 0.05) is 15.7 Å². The molecule has 0 fully saturated rings. The Hall–Kier alpha value is -1.10. The maximum Gasteiger partial charge on any atom is 0.147 e. The number of aliphatic hydroxyl groups excluding tert-OH is 1.